The number of phenolic OH excluding ortho intramolecular Hbond substituents is 2. The summed E-state index contributed by atoms with van der Waals surface area (Å²) in [7, 11) is 0. The highest BCUT2D eigenvalue weighted by Crippen LogP contribution is 2.38. The average Bonchev–Trinajstić information content (AvgIpc) is 2.65. The Balaban J connectivity index is 2.53. The normalized spacial score (nSPS) is 11.4. The molecule has 0 saturated carbocycles. The highest BCUT2D eigenvalue weighted by molar-refractivity contribution is 5.50. The van der Waals surface area contributed by atoms with Crippen LogP contribution in [0.25, 0.3) is 0 Å². The number of aryl methyl sites for hydroxylation is 4. The molecular weight excluding hydrogens is 344 g/mol. The highest BCUT2D eigenvalue weighted by atomic mass is 16.3. The van der Waals surface area contributed by atoms with Gasteiger partial charge in [0, 0.05) is 5.92 Å². The molecule has 2 heteroatoms. The van der Waals surface area contributed by atoms with Gasteiger partial charge in [-0.05, 0) is 91.5 Å². The van der Waals surface area contributed by atoms with Crippen LogP contribution < -0.4 is 0 Å². The Morgan fingerprint density at radius 2 is 1.11 bits per heavy atom. The van der Waals surface area contributed by atoms with Crippen molar-refractivity contribution in [3.63, 3.8) is 0 Å². The van der Waals surface area contributed by atoms with Crippen LogP contribution in [0.2, 0.25) is 0 Å². The van der Waals surface area contributed by atoms with E-state index in [1.165, 1.54) is 11.1 Å². The first-order valence-electron chi connectivity index (χ1n) is 11.1. The maximum atomic E-state index is 10.4. The van der Waals surface area contributed by atoms with Gasteiger partial charge in [-0.2, -0.15) is 0 Å². The van der Waals surface area contributed by atoms with Gasteiger partial charge >= 0.3 is 0 Å². The molecule has 0 aromatic heterocycles. The maximum absolute atomic E-state index is 10.4. The van der Waals surface area contributed by atoms with E-state index in [9.17, 15) is 10.2 Å². The molecule has 0 aliphatic carbocycles. The smallest absolute Gasteiger partial charge is 0.119 e. The second-order valence-electron chi connectivity index (χ2n) is 8.22. The Hall–Kier alpha value is -1.96. The Kier molecular flexibility index (Phi) is 8.41. The Bertz CT molecular complexity index is 713. The second kappa shape index (κ2) is 10.5. The van der Waals surface area contributed by atoms with Crippen molar-refractivity contribution in [1.82, 2.24) is 0 Å². The average molecular weight is 383 g/mol. The molecule has 154 valence electrons. The molecule has 0 heterocycles. The van der Waals surface area contributed by atoms with E-state index in [1.54, 1.807) is 0 Å². The minimum absolute atomic E-state index is 0.298. The van der Waals surface area contributed by atoms with E-state index in [0.29, 0.717) is 17.4 Å². The molecule has 0 fully saturated rings. The molecule has 28 heavy (non-hydrogen) atoms. The van der Waals surface area contributed by atoms with Crippen LogP contribution in [0.5, 0.6) is 11.5 Å². The number of hydrogen-bond acceptors (Lipinski definition) is 2. The molecular formula is C26H38O2. The van der Waals surface area contributed by atoms with Crippen molar-refractivity contribution < 1.29 is 10.2 Å². The molecule has 2 N–H and O–H groups in total. The van der Waals surface area contributed by atoms with E-state index in [0.717, 1.165) is 73.6 Å². The van der Waals surface area contributed by atoms with Gasteiger partial charge in [0.2, 0.25) is 0 Å². The first-order chi connectivity index (χ1) is 13.4. The van der Waals surface area contributed by atoms with Crippen LogP contribution in [0.15, 0.2) is 24.3 Å². The molecule has 0 spiro atoms. The van der Waals surface area contributed by atoms with Crippen LogP contribution in [-0.2, 0) is 12.8 Å². The van der Waals surface area contributed by atoms with Crippen molar-refractivity contribution >= 4 is 0 Å². The molecule has 0 radical (unpaired) electrons. The minimum atomic E-state index is 0.298. The molecule has 0 unspecified atom stereocenters. The van der Waals surface area contributed by atoms with Crippen molar-refractivity contribution in [3.8, 4) is 11.5 Å². The van der Waals surface area contributed by atoms with Crippen LogP contribution in [-0.4, -0.2) is 10.2 Å². The van der Waals surface area contributed by atoms with Crippen LogP contribution in [0.3, 0.4) is 0 Å². The lowest BCUT2D eigenvalue weighted by atomic mass is 9.81. The Labute approximate surface area is 171 Å². The lowest BCUT2D eigenvalue weighted by Gasteiger charge is -2.24. The predicted molar refractivity (Wildman–Crippen MR) is 120 cm³/mol. The Morgan fingerprint density at radius 1 is 0.679 bits per heavy atom. The Morgan fingerprint density at radius 3 is 1.46 bits per heavy atom. The van der Waals surface area contributed by atoms with Gasteiger partial charge in [0.15, 0.2) is 0 Å². The van der Waals surface area contributed by atoms with E-state index in [2.05, 4.69) is 46.8 Å². The summed E-state index contributed by atoms with van der Waals surface area (Å²) in [5, 5.41) is 20.8. The van der Waals surface area contributed by atoms with Gasteiger partial charge < -0.3 is 10.2 Å². The lowest BCUT2D eigenvalue weighted by Crippen LogP contribution is -2.07. The van der Waals surface area contributed by atoms with E-state index in [1.807, 2.05) is 12.1 Å². The lowest BCUT2D eigenvalue weighted by molar-refractivity contribution is 0.465. The summed E-state index contributed by atoms with van der Waals surface area (Å²) in [5.74, 6) is 1.15. The van der Waals surface area contributed by atoms with Crippen molar-refractivity contribution in [2.24, 2.45) is 0 Å². The number of aromatic hydroxyl groups is 2. The fourth-order valence-electron chi connectivity index (χ4n) is 4.17. The number of hydrogen-bond donors (Lipinski definition) is 2. The highest BCUT2D eigenvalue weighted by Gasteiger charge is 2.21. The monoisotopic (exact) mass is 382 g/mol. The van der Waals surface area contributed by atoms with Crippen LogP contribution in [0, 0.1) is 13.8 Å². The minimum Gasteiger partial charge on any atom is -0.508 e. The molecule has 2 rings (SSSR count). The number of phenols is 2. The first-order valence-corrected chi connectivity index (χ1v) is 11.1. The number of rotatable bonds is 10. The molecule has 2 nitrogen and oxygen atoms in total. The molecule has 0 bridgehead atoms. The standard InChI is InChI=1S/C26H38O2/c1-6-9-12-20-16-23(18(4)14-25(20)27)22(11-8-3)24-17-21(13-10-7-2)26(28)15-19(24)5/h14-17,22,27-28H,6-13H2,1-5H3. The van der Waals surface area contributed by atoms with Crippen molar-refractivity contribution in [2.45, 2.75) is 91.9 Å². The maximum Gasteiger partial charge on any atom is 0.119 e. The summed E-state index contributed by atoms with van der Waals surface area (Å²) < 4.78 is 0. The first kappa shape index (κ1) is 22.3. The zero-order valence-corrected chi connectivity index (χ0v) is 18.4. The van der Waals surface area contributed by atoms with Crippen molar-refractivity contribution in [3.05, 3.63) is 57.6 Å². The van der Waals surface area contributed by atoms with Crippen LogP contribution in [0.1, 0.15) is 98.6 Å². The number of benzene rings is 2. The SMILES string of the molecule is CCCCc1cc(C(CCC)c2cc(CCCC)c(O)cc2C)c(C)cc1O. The van der Waals surface area contributed by atoms with E-state index >= 15 is 0 Å². The second-order valence-corrected chi connectivity index (χ2v) is 8.22. The fourth-order valence-corrected chi connectivity index (χ4v) is 4.17. The molecule has 0 aliphatic rings. The largest absolute Gasteiger partial charge is 0.508 e. The summed E-state index contributed by atoms with van der Waals surface area (Å²) in [5.41, 5.74) is 7.07. The summed E-state index contributed by atoms with van der Waals surface area (Å²) in [4.78, 5) is 0. The molecule has 2 aromatic carbocycles. The summed E-state index contributed by atoms with van der Waals surface area (Å²) >= 11 is 0. The van der Waals surface area contributed by atoms with E-state index in [4.69, 9.17) is 0 Å². The third kappa shape index (κ3) is 5.31. The topological polar surface area (TPSA) is 40.5 Å². The zero-order valence-electron chi connectivity index (χ0n) is 18.4. The van der Waals surface area contributed by atoms with Crippen LogP contribution in [0.4, 0.5) is 0 Å². The molecule has 0 atom stereocenters. The van der Waals surface area contributed by atoms with E-state index in [-0.39, 0.29) is 0 Å². The molecule has 2 aromatic rings. The summed E-state index contributed by atoms with van der Waals surface area (Å²) in [6.45, 7) is 10.8. The quantitative estimate of drug-likeness (QED) is 0.451. The zero-order chi connectivity index (χ0) is 20.7. The van der Waals surface area contributed by atoms with Gasteiger partial charge in [-0.3, -0.25) is 0 Å². The fraction of sp³-hybridized carbons (Fsp3) is 0.538. The molecule has 0 aliphatic heterocycles. The van der Waals surface area contributed by atoms with Crippen LogP contribution >= 0.6 is 0 Å². The summed E-state index contributed by atoms with van der Waals surface area (Å²) in [6.07, 6.45) is 8.44. The van der Waals surface area contributed by atoms with Gasteiger partial charge in [-0.25, -0.2) is 0 Å². The van der Waals surface area contributed by atoms with E-state index < -0.39 is 0 Å². The third-order valence-corrected chi connectivity index (χ3v) is 5.86. The predicted octanol–water partition coefficient (Wildman–Crippen LogP) is 7.33. The van der Waals surface area contributed by atoms with Gasteiger partial charge in [0.1, 0.15) is 11.5 Å². The van der Waals surface area contributed by atoms with Gasteiger partial charge in [0.25, 0.3) is 0 Å². The van der Waals surface area contributed by atoms with Crippen molar-refractivity contribution in [2.75, 3.05) is 0 Å². The van der Waals surface area contributed by atoms with Gasteiger partial charge in [0.05, 0.1) is 0 Å². The van der Waals surface area contributed by atoms with Gasteiger partial charge in [-0.1, -0.05) is 52.2 Å². The van der Waals surface area contributed by atoms with Gasteiger partial charge in [-0.15, -0.1) is 0 Å². The summed E-state index contributed by atoms with van der Waals surface area (Å²) in [6, 6.07) is 8.35. The van der Waals surface area contributed by atoms with Crippen molar-refractivity contribution in [1.29, 1.82) is 0 Å². The molecule has 0 saturated heterocycles. The number of unbranched alkanes of at least 4 members (excludes halogenated alkanes) is 2. The third-order valence-electron chi connectivity index (χ3n) is 5.86. The molecule has 0 amide bonds.